The number of benzene rings is 1. The van der Waals surface area contributed by atoms with Crippen LogP contribution in [0.5, 0.6) is 0 Å². The Balaban J connectivity index is 2.57. The van der Waals surface area contributed by atoms with Gasteiger partial charge in [0.05, 0.1) is 18.7 Å². The molecule has 1 atom stereocenters. The molecule has 0 spiro atoms. The third-order valence-corrected chi connectivity index (χ3v) is 3.41. The molecule has 4 nitrogen and oxygen atoms in total. The zero-order chi connectivity index (χ0) is 15.6. The number of thiocarbonyl (C=S) groups is 1. The van der Waals surface area contributed by atoms with Crippen LogP contribution in [0.3, 0.4) is 0 Å². The first-order valence-electron chi connectivity index (χ1n) is 6.31. The van der Waals surface area contributed by atoms with E-state index >= 15 is 0 Å². The molecule has 112 valence electrons. The zero-order valence-electron chi connectivity index (χ0n) is 11.5. The van der Waals surface area contributed by atoms with Gasteiger partial charge in [0.15, 0.2) is 5.11 Å². The van der Waals surface area contributed by atoms with Gasteiger partial charge in [0.2, 0.25) is 0 Å². The van der Waals surface area contributed by atoms with Crippen molar-refractivity contribution in [3.63, 3.8) is 0 Å². The van der Waals surface area contributed by atoms with Gasteiger partial charge in [0, 0.05) is 17.3 Å². The standard InChI is InChI=1S/C14H14F2N2O2S/c1-3-10-11(13(19)20-2)12(18-14(21)17-10)8-5-4-7(15)6-9(8)16/h4-6,12H,3H2,1-2H3,(H2,17,18,21)/t12-/m0/s1. The molecule has 2 rings (SSSR count). The lowest BCUT2D eigenvalue weighted by molar-refractivity contribution is -0.136. The van der Waals surface area contributed by atoms with Gasteiger partial charge in [-0.25, -0.2) is 13.6 Å². The van der Waals surface area contributed by atoms with E-state index in [1.807, 2.05) is 6.92 Å². The number of carbonyl (C=O) groups excluding carboxylic acids is 1. The van der Waals surface area contributed by atoms with Crippen molar-refractivity contribution in [3.05, 3.63) is 46.7 Å². The highest BCUT2D eigenvalue weighted by molar-refractivity contribution is 7.80. The van der Waals surface area contributed by atoms with Crippen molar-refractivity contribution in [2.75, 3.05) is 7.11 Å². The summed E-state index contributed by atoms with van der Waals surface area (Å²) in [5, 5.41) is 5.96. The van der Waals surface area contributed by atoms with Crippen LogP contribution in [0.15, 0.2) is 29.5 Å². The average molecular weight is 312 g/mol. The van der Waals surface area contributed by atoms with E-state index < -0.39 is 23.6 Å². The molecule has 1 heterocycles. The highest BCUT2D eigenvalue weighted by Crippen LogP contribution is 2.30. The maximum atomic E-state index is 14.0. The number of halogens is 2. The highest BCUT2D eigenvalue weighted by Gasteiger charge is 2.33. The number of rotatable bonds is 3. The average Bonchev–Trinajstić information content (AvgIpc) is 2.45. The Bertz CT molecular complexity index is 631. The van der Waals surface area contributed by atoms with Crippen molar-refractivity contribution in [2.24, 2.45) is 0 Å². The van der Waals surface area contributed by atoms with Gasteiger partial charge in [0.1, 0.15) is 11.6 Å². The number of hydrogen-bond donors (Lipinski definition) is 2. The van der Waals surface area contributed by atoms with Gasteiger partial charge in [-0.05, 0) is 24.7 Å². The number of nitrogens with one attached hydrogen (secondary N) is 2. The first kappa shape index (κ1) is 15.4. The number of methoxy groups -OCH3 is 1. The predicted molar refractivity (Wildman–Crippen MR) is 77.3 cm³/mol. The number of carbonyl (C=O) groups is 1. The van der Waals surface area contributed by atoms with Crippen LogP contribution in [0.1, 0.15) is 24.9 Å². The molecule has 1 aromatic rings. The molecule has 0 bridgehead atoms. The van der Waals surface area contributed by atoms with Gasteiger partial charge in [0.25, 0.3) is 0 Å². The van der Waals surface area contributed by atoms with E-state index in [2.05, 4.69) is 10.6 Å². The van der Waals surface area contributed by atoms with Crippen LogP contribution in [0.2, 0.25) is 0 Å². The molecule has 1 aliphatic heterocycles. The maximum Gasteiger partial charge on any atom is 0.337 e. The minimum Gasteiger partial charge on any atom is -0.466 e. The van der Waals surface area contributed by atoms with Crippen molar-refractivity contribution in [1.29, 1.82) is 0 Å². The Morgan fingerprint density at radius 1 is 1.43 bits per heavy atom. The third kappa shape index (κ3) is 3.02. The molecule has 0 saturated carbocycles. The normalized spacial score (nSPS) is 18.1. The van der Waals surface area contributed by atoms with E-state index in [9.17, 15) is 13.6 Å². The van der Waals surface area contributed by atoms with Crippen molar-refractivity contribution < 1.29 is 18.3 Å². The molecule has 0 unspecified atom stereocenters. The fourth-order valence-electron chi connectivity index (χ4n) is 2.22. The summed E-state index contributed by atoms with van der Waals surface area (Å²) < 4.78 is 31.8. The highest BCUT2D eigenvalue weighted by atomic mass is 32.1. The molecule has 2 N–H and O–H groups in total. The third-order valence-electron chi connectivity index (χ3n) is 3.19. The van der Waals surface area contributed by atoms with E-state index in [1.54, 1.807) is 0 Å². The zero-order valence-corrected chi connectivity index (χ0v) is 12.3. The Hall–Kier alpha value is -2.02. The summed E-state index contributed by atoms with van der Waals surface area (Å²) in [7, 11) is 1.24. The fourth-order valence-corrected chi connectivity index (χ4v) is 2.46. The molecular weight excluding hydrogens is 298 g/mol. The Labute approximate surface area is 126 Å². The van der Waals surface area contributed by atoms with Gasteiger partial charge >= 0.3 is 5.97 Å². The summed E-state index contributed by atoms with van der Waals surface area (Å²) in [5.41, 5.74) is 0.921. The monoisotopic (exact) mass is 312 g/mol. The Morgan fingerprint density at radius 2 is 2.14 bits per heavy atom. The summed E-state index contributed by atoms with van der Waals surface area (Å²) in [6, 6.07) is 2.36. The second kappa shape index (κ2) is 6.17. The van der Waals surface area contributed by atoms with Crippen molar-refractivity contribution in [2.45, 2.75) is 19.4 Å². The molecule has 0 amide bonds. The van der Waals surface area contributed by atoms with Crippen molar-refractivity contribution >= 4 is 23.3 Å². The first-order valence-corrected chi connectivity index (χ1v) is 6.72. The fraction of sp³-hybridized carbons (Fsp3) is 0.286. The van der Waals surface area contributed by atoms with Crippen LogP contribution < -0.4 is 10.6 Å². The molecule has 21 heavy (non-hydrogen) atoms. The first-order chi connectivity index (χ1) is 9.97. The van der Waals surface area contributed by atoms with Crippen molar-refractivity contribution in [3.8, 4) is 0 Å². The van der Waals surface area contributed by atoms with Crippen LogP contribution >= 0.6 is 12.2 Å². The number of allylic oxidation sites excluding steroid dienone is 1. The molecule has 0 aliphatic carbocycles. The molecule has 1 aromatic carbocycles. The summed E-state index contributed by atoms with van der Waals surface area (Å²) in [6.07, 6.45) is 0.492. The maximum absolute atomic E-state index is 14.0. The molecule has 0 fully saturated rings. The number of ether oxygens (including phenoxy) is 1. The van der Waals surface area contributed by atoms with E-state index in [0.717, 1.165) is 12.1 Å². The SMILES string of the molecule is CCC1=C(C(=O)OC)[C@H](c2ccc(F)cc2F)NC(=S)N1. The largest absolute Gasteiger partial charge is 0.466 e. The predicted octanol–water partition coefficient (Wildman–Crippen LogP) is 2.32. The molecule has 0 radical (unpaired) electrons. The van der Waals surface area contributed by atoms with Gasteiger partial charge in [-0.15, -0.1) is 0 Å². The van der Waals surface area contributed by atoms with E-state index in [0.29, 0.717) is 12.1 Å². The second-order valence-electron chi connectivity index (χ2n) is 4.43. The molecule has 7 heteroatoms. The summed E-state index contributed by atoms with van der Waals surface area (Å²) in [6.45, 7) is 1.83. The topological polar surface area (TPSA) is 50.4 Å². The second-order valence-corrected chi connectivity index (χ2v) is 4.84. The van der Waals surface area contributed by atoms with Crippen LogP contribution in [-0.2, 0) is 9.53 Å². The van der Waals surface area contributed by atoms with Gasteiger partial charge in [-0.2, -0.15) is 0 Å². The Morgan fingerprint density at radius 3 is 2.71 bits per heavy atom. The summed E-state index contributed by atoms with van der Waals surface area (Å²) >= 11 is 5.07. The van der Waals surface area contributed by atoms with Crippen LogP contribution in [0, 0.1) is 11.6 Å². The molecule has 0 saturated heterocycles. The summed E-state index contributed by atoms with van der Waals surface area (Å²) in [5.74, 6) is -2.04. The number of hydrogen-bond acceptors (Lipinski definition) is 3. The van der Waals surface area contributed by atoms with Crippen LogP contribution in [0.4, 0.5) is 8.78 Å². The smallest absolute Gasteiger partial charge is 0.337 e. The minimum absolute atomic E-state index is 0.131. The molecular formula is C14H14F2N2O2S. The van der Waals surface area contributed by atoms with Gasteiger partial charge in [-0.3, -0.25) is 0 Å². The van der Waals surface area contributed by atoms with Gasteiger partial charge < -0.3 is 15.4 Å². The molecule has 1 aliphatic rings. The lowest BCUT2D eigenvalue weighted by atomic mass is 9.94. The van der Waals surface area contributed by atoms with Crippen LogP contribution in [-0.4, -0.2) is 18.2 Å². The van der Waals surface area contributed by atoms with Crippen LogP contribution in [0.25, 0.3) is 0 Å². The Kier molecular flexibility index (Phi) is 4.52. The van der Waals surface area contributed by atoms with E-state index in [1.165, 1.54) is 13.2 Å². The van der Waals surface area contributed by atoms with Gasteiger partial charge in [-0.1, -0.05) is 13.0 Å². The van der Waals surface area contributed by atoms with Crippen molar-refractivity contribution in [1.82, 2.24) is 10.6 Å². The van der Waals surface area contributed by atoms with E-state index in [4.69, 9.17) is 17.0 Å². The lowest BCUT2D eigenvalue weighted by Crippen LogP contribution is -2.45. The number of esters is 1. The minimum atomic E-state index is -0.818. The van der Waals surface area contributed by atoms with E-state index in [-0.39, 0.29) is 16.2 Å². The molecule has 0 aromatic heterocycles. The summed E-state index contributed by atoms with van der Waals surface area (Å²) in [4.78, 5) is 12.0. The quantitative estimate of drug-likeness (QED) is 0.663. The lowest BCUT2D eigenvalue weighted by Gasteiger charge is -2.30.